The van der Waals surface area contributed by atoms with Crippen LogP contribution in [0, 0.1) is 12.9 Å². The van der Waals surface area contributed by atoms with Crippen molar-refractivity contribution in [2.45, 2.75) is 55.1 Å². The molecule has 0 bridgehead atoms. The quantitative estimate of drug-likeness (QED) is 0.696. The number of aryl methyl sites for hydroxylation is 1. The highest BCUT2D eigenvalue weighted by atomic mass is 32.2. The number of rotatable bonds is 6. The van der Waals surface area contributed by atoms with E-state index in [0.717, 1.165) is 12.1 Å². The van der Waals surface area contributed by atoms with Gasteiger partial charge < -0.3 is 4.74 Å². The van der Waals surface area contributed by atoms with Gasteiger partial charge in [-0.2, -0.15) is 12.8 Å². The average molecular weight is 440 g/mol. The summed E-state index contributed by atoms with van der Waals surface area (Å²) in [6, 6.07) is 8.36. The molecule has 0 spiro atoms. The third-order valence-electron chi connectivity index (χ3n) is 5.38. The van der Waals surface area contributed by atoms with Crippen molar-refractivity contribution in [3.63, 3.8) is 0 Å². The second-order valence-corrected chi connectivity index (χ2v) is 9.41. The van der Waals surface area contributed by atoms with Crippen LogP contribution in [0.1, 0.15) is 42.7 Å². The number of amides is 1. The first-order valence-electron chi connectivity index (χ1n) is 9.38. The molecule has 0 atom stereocenters. The first kappa shape index (κ1) is 20.6. The number of para-hydroxylation sites is 1. The lowest BCUT2D eigenvalue weighted by Gasteiger charge is -2.36. The van der Waals surface area contributed by atoms with Crippen molar-refractivity contribution >= 4 is 15.9 Å². The van der Waals surface area contributed by atoms with E-state index in [0.29, 0.717) is 16.9 Å². The van der Waals surface area contributed by atoms with Gasteiger partial charge in [0.1, 0.15) is 5.75 Å². The highest BCUT2D eigenvalue weighted by molar-refractivity contribution is 7.90. The predicted molar refractivity (Wildman–Crippen MR) is 100 cm³/mol. The Morgan fingerprint density at radius 2 is 1.83 bits per heavy atom. The van der Waals surface area contributed by atoms with E-state index < -0.39 is 44.3 Å². The van der Waals surface area contributed by atoms with E-state index in [1.807, 2.05) is 4.72 Å². The number of hydrogen-bond donors (Lipinski definition) is 1. The molecular weight excluding hydrogens is 421 g/mol. The minimum absolute atomic E-state index is 0.263. The summed E-state index contributed by atoms with van der Waals surface area (Å²) in [7, 11) is -4.39. The van der Waals surface area contributed by atoms with E-state index in [1.165, 1.54) is 6.07 Å². The van der Waals surface area contributed by atoms with Gasteiger partial charge in [0.25, 0.3) is 15.9 Å². The van der Waals surface area contributed by atoms with Gasteiger partial charge in [0.05, 0.1) is 0 Å². The molecule has 0 unspecified atom stereocenters. The van der Waals surface area contributed by atoms with Crippen LogP contribution in [-0.2, 0) is 14.8 Å². The first-order chi connectivity index (χ1) is 14.0. The minimum atomic E-state index is -4.39. The number of nitrogens with zero attached hydrogens (tertiary/aromatic N) is 1. The Hall–Kier alpha value is -2.62. The fraction of sp³-hybridized carbons (Fsp3) is 0.400. The number of aromatic nitrogens is 1. The van der Waals surface area contributed by atoms with Gasteiger partial charge in [0.15, 0.2) is 10.6 Å². The van der Waals surface area contributed by atoms with Crippen LogP contribution in [0.15, 0.2) is 41.4 Å². The number of benzene rings is 1. The van der Waals surface area contributed by atoms with Gasteiger partial charge in [-0.1, -0.05) is 24.3 Å². The zero-order valence-corrected chi connectivity index (χ0v) is 16.8. The number of halogens is 3. The number of ether oxygens (including phenoxy) is 1. The van der Waals surface area contributed by atoms with Gasteiger partial charge in [0.2, 0.25) is 11.9 Å². The summed E-state index contributed by atoms with van der Waals surface area (Å²) in [6.07, 6.45) is -0.0731. The monoisotopic (exact) mass is 440 g/mol. The van der Waals surface area contributed by atoms with Gasteiger partial charge in [0, 0.05) is 25.7 Å². The van der Waals surface area contributed by atoms with Gasteiger partial charge in [-0.15, -0.1) is 0 Å². The number of carbonyl (C=O) groups is 1. The minimum Gasteiger partial charge on any atom is -0.477 e. The van der Waals surface area contributed by atoms with Crippen molar-refractivity contribution in [3.05, 3.63) is 53.5 Å². The van der Waals surface area contributed by atoms with Crippen LogP contribution in [0.25, 0.3) is 0 Å². The molecule has 2 saturated carbocycles. The van der Waals surface area contributed by atoms with Crippen molar-refractivity contribution < 1.29 is 31.1 Å². The number of nitrogens with one attached hydrogen (secondary N) is 1. The van der Waals surface area contributed by atoms with E-state index >= 15 is 0 Å². The molecule has 30 heavy (non-hydrogen) atoms. The molecule has 2 aliphatic carbocycles. The lowest BCUT2D eigenvalue weighted by molar-refractivity contribution is -0.128. The Labute approximate surface area is 171 Å². The molecule has 160 valence electrons. The third kappa shape index (κ3) is 3.88. The number of alkyl halides is 2. The normalized spacial score (nSPS) is 19.6. The van der Waals surface area contributed by atoms with Crippen LogP contribution in [0.3, 0.4) is 0 Å². The third-order valence-corrected chi connectivity index (χ3v) is 6.61. The van der Waals surface area contributed by atoms with Crippen molar-refractivity contribution in [1.29, 1.82) is 0 Å². The average Bonchev–Trinajstić information content (AvgIpc) is 3.42. The van der Waals surface area contributed by atoms with Gasteiger partial charge >= 0.3 is 0 Å². The van der Waals surface area contributed by atoms with Crippen molar-refractivity contribution in [1.82, 2.24) is 9.71 Å². The molecule has 4 rings (SSSR count). The van der Waals surface area contributed by atoms with Crippen LogP contribution in [0.4, 0.5) is 13.2 Å². The second-order valence-electron chi connectivity index (χ2n) is 7.78. The van der Waals surface area contributed by atoms with E-state index in [1.54, 1.807) is 25.1 Å². The highest BCUT2D eigenvalue weighted by Gasteiger charge is 2.55. The summed E-state index contributed by atoms with van der Waals surface area (Å²) >= 11 is 0. The molecule has 0 aliphatic heterocycles. The Kier molecular flexibility index (Phi) is 4.80. The SMILES string of the molecule is Cc1cccc(C2CC(F)(F)C2)c1OC1(C(=O)NS(=O)(=O)c2cccc(F)n2)CC1. The Balaban J connectivity index is 1.55. The van der Waals surface area contributed by atoms with Crippen molar-refractivity contribution in [3.8, 4) is 5.75 Å². The Morgan fingerprint density at radius 3 is 2.43 bits per heavy atom. The van der Waals surface area contributed by atoms with Gasteiger partial charge in [-0.05, 0) is 36.1 Å². The molecule has 0 radical (unpaired) electrons. The first-order valence-corrected chi connectivity index (χ1v) is 10.9. The summed E-state index contributed by atoms with van der Waals surface area (Å²) in [5.74, 6) is -4.68. The van der Waals surface area contributed by atoms with E-state index in [4.69, 9.17) is 4.74 Å². The molecule has 1 N–H and O–H groups in total. The number of hydrogen-bond acceptors (Lipinski definition) is 5. The van der Waals surface area contributed by atoms with Crippen LogP contribution < -0.4 is 9.46 Å². The molecule has 6 nitrogen and oxygen atoms in total. The Morgan fingerprint density at radius 1 is 1.17 bits per heavy atom. The molecule has 2 fully saturated rings. The summed E-state index contributed by atoms with van der Waals surface area (Å²) < 4.78 is 72.6. The molecule has 1 aromatic carbocycles. The Bertz CT molecular complexity index is 1110. The standard InChI is InChI=1S/C20H19F3N2O4S/c1-12-4-2-5-14(13-10-20(22,23)11-13)17(12)29-19(8-9-19)18(26)25-30(27,28)16-7-3-6-15(21)24-16/h2-7,13H,8-11H2,1H3,(H,25,26). The van der Waals surface area contributed by atoms with Gasteiger partial charge in [-0.3, -0.25) is 4.79 Å². The zero-order valence-electron chi connectivity index (χ0n) is 16.0. The van der Waals surface area contributed by atoms with Crippen LogP contribution in [0.5, 0.6) is 5.75 Å². The molecule has 2 aromatic rings. The topological polar surface area (TPSA) is 85.4 Å². The fourth-order valence-electron chi connectivity index (χ4n) is 3.51. The molecular formula is C20H19F3N2O4S. The van der Waals surface area contributed by atoms with Crippen LogP contribution >= 0.6 is 0 Å². The van der Waals surface area contributed by atoms with E-state index in [9.17, 15) is 26.4 Å². The van der Waals surface area contributed by atoms with E-state index in [2.05, 4.69) is 4.98 Å². The predicted octanol–water partition coefficient (Wildman–Crippen LogP) is 3.46. The van der Waals surface area contributed by atoms with Crippen molar-refractivity contribution in [2.75, 3.05) is 0 Å². The van der Waals surface area contributed by atoms with Crippen molar-refractivity contribution in [2.24, 2.45) is 0 Å². The number of pyridine rings is 1. The van der Waals surface area contributed by atoms with Gasteiger partial charge in [-0.25, -0.2) is 18.5 Å². The lowest BCUT2D eigenvalue weighted by atomic mass is 9.76. The maximum atomic E-state index is 13.4. The molecule has 10 heteroatoms. The summed E-state index contributed by atoms with van der Waals surface area (Å²) in [4.78, 5) is 16.0. The van der Waals surface area contributed by atoms with E-state index in [-0.39, 0.29) is 25.7 Å². The largest absolute Gasteiger partial charge is 0.477 e. The number of sulfonamides is 1. The van der Waals surface area contributed by atoms with Crippen LogP contribution in [0.2, 0.25) is 0 Å². The molecule has 1 aromatic heterocycles. The molecule has 1 amide bonds. The highest BCUT2D eigenvalue weighted by Crippen LogP contribution is 2.52. The molecule has 1 heterocycles. The fourth-order valence-corrected chi connectivity index (χ4v) is 4.51. The maximum Gasteiger partial charge on any atom is 0.281 e. The lowest BCUT2D eigenvalue weighted by Crippen LogP contribution is -2.44. The van der Waals surface area contributed by atoms with Crippen LogP contribution in [-0.4, -0.2) is 30.8 Å². The summed E-state index contributed by atoms with van der Waals surface area (Å²) in [5, 5.41) is -0.625. The maximum absolute atomic E-state index is 13.4. The summed E-state index contributed by atoms with van der Waals surface area (Å²) in [5.41, 5.74) is -0.181. The molecule has 2 aliphatic rings. The summed E-state index contributed by atoms with van der Waals surface area (Å²) in [6.45, 7) is 1.73. The molecule has 0 saturated heterocycles. The second kappa shape index (κ2) is 6.97. The smallest absolute Gasteiger partial charge is 0.281 e. The zero-order chi connectivity index (χ0) is 21.7. The number of carbonyl (C=O) groups excluding carboxylic acids is 1.